The van der Waals surface area contributed by atoms with Gasteiger partial charge in [-0.2, -0.15) is 0 Å². The number of esters is 1. The first-order valence-corrected chi connectivity index (χ1v) is 10.4. The highest BCUT2D eigenvalue weighted by Gasteiger charge is 2.34. The third-order valence-electron chi connectivity index (χ3n) is 4.97. The Balaban J connectivity index is 1.76. The quantitative estimate of drug-likeness (QED) is 0.467. The number of unbranched alkanes of at least 4 members (excludes halogenated alkanes) is 3. The highest BCUT2D eigenvalue weighted by atomic mass is 16.5. The minimum atomic E-state index is -0.756. The van der Waals surface area contributed by atoms with Gasteiger partial charge in [-0.25, -0.2) is 0 Å². The van der Waals surface area contributed by atoms with Gasteiger partial charge in [0.2, 0.25) is 11.8 Å². The van der Waals surface area contributed by atoms with Crippen molar-refractivity contribution in [1.82, 2.24) is 10.2 Å². The highest BCUT2D eigenvalue weighted by molar-refractivity contribution is 5.91. The van der Waals surface area contributed by atoms with Crippen molar-refractivity contribution in [3.63, 3.8) is 0 Å². The van der Waals surface area contributed by atoms with Gasteiger partial charge in [-0.15, -0.1) is 0 Å². The van der Waals surface area contributed by atoms with Crippen LogP contribution in [-0.2, 0) is 25.5 Å². The molecule has 1 unspecified atom stereocenters. The van der Waals surface area contributed by atoms with Crippen molar-refractivity contribution < 1.29 is 19.1 Å². The van der Waals surface area contributed by atoms with Crippen LogP contribution in [0.25, 0.3) is 0 Å². The van der Waals surface area contributed by atoms with E-state index in [-0.39, 0.29) is 18.2 Å². The lowest BCUT2D eigenvalue weighted by atomic mass is 10.1. The summed E-state index contributed by atoms with van der Waals surface area (Å²) in [7, 11) is 0. The van der Waals surface area contributed by atoms with Crippen LogP contribution < -0.4 is 5.32 Å². The molecule has 6 nitrogen and oxygen atoms in total. The summed E-state index contributed by atoms with van der Waals surface area (Å²) in [6.07, 6.45) is 5.95. The van der Waals surface area contributed by atoms with Gasteiger partial charge in [-0.1, -0.05) is 56.5 Å². The Morgan fingerprint density at radius 2 is 1.93 bits per heavy atom. The van der Waals surface area contributed by atoms with E-state index in [1.54, 1.807) is 4.90 Å². The van der Waals surface area contributed by atoms with Crippen LogP contribution in [0.4, 0.5) is 0 Å². The first-order valence-electron chi connectivity index (χ1n) is 10.4. The van der Waals surface area contributed by atoms with Crippen LogP contribution in [0, 0.1) is 0 Å². The molecule has 0 saturated carbocycles. The van der Waals surface area contributed by atoms with Gasteiger partial charge in [0, 0.05) is 19.5 Å². The van der Waals surface area contributed by atoms with Gasteiger partial charge in [0.25, 0.3) is 0 Å². The Labute approximate surface area is 167 Å². The average molecular weight is 389 g/mol. The van der Waals surface area contributed by atoms with Crippen molar-refractivity contribution in [2.45, 2.75) is 64.3 Å². The molecule has 28 heavy (non-hydrogen) atoms. The summed E-state index contributed by atoms with van der Waals surface area (Å²) >= 11 is 0. The van der Waals surface area contributed by atoms with Crippen LogP contribution in [0.15, 0.2) is 30.3 Å². The van der Waals surface area contributed by atoms with Crippen LogP contribution in [0.5, 0.6) is 0 Å². The maximum atomic E-state index is 12.5. The van der Waals surface area contributed by atoms with E-state index < -0.39 is 12.0 Å². The normalized spacial score (nSPS) is 16.5. The molecule has 2 amide bonds. The Bertz CT molecular complexity index is 633. The Morgan fingerprint density at radius 1 is 1.14 bits per heavy atom. The molecule has 6 heteroatoms. The number of carbonyl (C=O) groups excluding carboxylic acids is 3. The van der Waals surface area contributed by atoms with E-state index in [1.807, 2.05) is 30.3 Å². The van der Waals surface area contributed by atoms with E-state index in [0.717, 1.165) is 38.5 Å². The monoisotopic (exact) mass is 388 g/mol. The molecule has 1 heterocycles. The zero-order valence-electron chi connectivity index (χ0n) is 16.8. The third kappa shape index (κ3) is 7.33. The van der Waals surface area contributed by atoms with Crippen molar-refractivity contribution in [2.75, 3.05) is 19.7 Å². The van der Waals surface area contributed by atoms with Crippen molar-refractivity contribution >= 4 is 17.8 Å². The number of hydrogen-bond donors (Lipinski definition) is 1. The zero-order chi connectivity index (χ0) is 20.2. The van der Waals surface area contributed by atoms with Crippen LogP contribution in [0.3, 0.4) is 0 Å². The fourth-order valence-corrected chi connectivity index (χ4v) is 3.39. The molecule has 0 radical (unpaired) electrons. The van der Waals surface area contributed by atoms with Crippen molar-refractivity contribution in [3.05, 3.63) is 35.9 Å². The lowest BCUT2D eigenvalue weighted by Gasteiger charge is -2.34. The van der Waals surface area contributed by atoms with E-state index in [2.05, 4.69) is 12.2 Å². The summed E-state index contributed by atoms with van der Waals surface area (Å²) in [5.41, 5.74) is 1.20. The van der Waals surface area contributed by atoms with Crippen LogP contribution in [0.1, 0.15) is 57.4 Å². The smallest absolute Gasteiger partial charge is 0.308 e. The molecule has 0 aromatic heterocycles. The number of rotatable bonds is 11. The maximum Gasteiger partial charge on any atom is 0.308 e. The van der Waals surface area contributed by atoms with E-state index in [4.69, 9.17) is 4.74 Å². The summed E-state index contributed by atoms with van der Waals surface area (Å²) in [6.45, 7) is 3.32. The molecule has 1 atom stereocenters. The molecule has 1 aliphatic rings. The Morgan fingerprint density at radius 3 is 2.68 bits per heavy atom. The molecule has 0 bridgehead atoms. The summed E-state index contributed by atoms with van der Waals surface area (Å²) < 4.78 is 5.30. The fourth-order valence-electron chi connectivity index (χ4n) is 3.39. The van der Waals surface area contributed by atoms with Crippen LogP contribution in [0.2, 0.25) is 0 Å². The second-order valence-electron chi connectivity index (χ2n) is 7.22. The fraction of sp³-hybridized carbons (Fsp3) is 0.591. The van der Waals surface area contributed by atoms with Gasteiger partial charge >= 0.3 is 5.97 Å². The van der Waals surface area contributed by atoms with Gasteiger partial charge in [0.15, 0.2) is 0 Å². The zero-order valence-corrected chi connectivity index (χ0v) is 16.8. The first-order chi connectivity index (χ1) is 13.6. The molecule has 1 aliphatic heterocycles. The molecule has 1 N–H and O–H groups in total. The summed E-state index contributed by atoms with van der Waals surface area (Å²) in [4.78, 5) is 38.5. The summed E-state index contributed by atoms with van der Waals surface area (Å²) in [6, 6.07) is 9.26. The number of amides is 2. The molecule has 1 fully saturated rings. The van der Waals surface area contributed by atoms with Crippen molar-refractivity contribution in [2.24, 2.45) is 0 Å². The van der Waals surface area contributed by atoms with Crippen LogP contribution >= 0.6 is 0 Å². The molecule has 1 aromatic carbocycles. The van der Waals surface area contributed by atoms with Gasteiger partial charge in [-0.3, -0.25) is 14.4 Å². The minimum absolute atomic E-state index is 0.0483. The molecule has 0 aliphatic carbocycles. The highest BCUT2D eigenvalue weighted by Crippen LogP contribution is 2.14. The molecule has 2 rings (SSSR count). The summed E-state index contributed by atoms with van der Waals surface area (Å²) in [5, 5.41) is 2.75. The molecule has 1 aromatic rings. The van der Waals surface area contributed by atoms with E-state index in [9.17, 15) is 14.4 Å². The van der Waals surface area contributed by atoms with Crippen molar-refractivity contribution in [1.29, 1.82) is 0 Å². The van der Waals surface area contributed by atoms with Gasteiger partial charge in [0.05, 0.1) is 13.0 Å². The second-order valence-corrected chi connectivity index (χ2v) is 7.22. The number of nitrogens with zero attached hydrogens (tertiary/aromatic N) is 1. The Hall–Kier alpha value is -2.37. The van der Waals surface area contributed by atoms with Gasteiger partial charge < -0.3 is 15.0 Å². The number of piperazine rings is 1. The number of carbonyl (C=O) groups is 3. The number of benzene rings is 1. The summed E-state index contributed by atoms with van der Waals surface area (Å²) in [5.74, 6) is -0.749. The third-order valence-corrected chi connectivity index (χ3v) is 4.97. The van der Waals surface area contributed by atoms with E-state index in [0.29, 0.717) is 26.1 Å². The number of nitrogens with one attached hydrogen (secondary N) is 1. The number of ether oxygens (including phenoxy) is 1. The minimum Gasteiger partial charge on any atom is -0.466 e. The average Bonchev–Trinajstić information content (AvgIpc) is 2.71. The molecular formula is C22H32N2O4. The second kappa shape index (κ2) is 12.2. The predicted molar refractivity (Wildman–Crippen MR) is 108 cm³/mol. The molecule has 0 spiro atoms. The van der Waals surface area contributed by atoms with Gasteiger partial charge in [0.1, 0.15) is 6.04 Å². The molecule has 154 valence electrons. The standard InChI is InChI=1S/C22H32N2O4/c1-2-3-4-8-13-20(25)24-15-14-23-22(27)19(24)17-21(26)28-16-9-12-18-10-6-5-7-11-18/h5-7,10-11,19H,2-4,8-9,12-17H2,1H3,(H,23,27). The lowest BCUT2D eigenvalue weighted by molar-refractivity contribution is -0.152. The molecular weight excluding hydrogens is 356 g/mol. The van der Waals surface area contributed by atoms with Crippen LogP contribution in [-0.4, -0.2) is 48.4 Å². The lowest BCUT2D eigenvalue weighted by Crippen LogP contribution is -2.57. The largest absolute Gasteiger partial charge is 0.466 e. The first kappa shape index (κ1) is 21.9. The topological polar surface area (TPSA) is 75.7 Å². The predicted octanol–water partition coefficient (Wildman–Crippen LogP) is 2.85. The van der Waals surface area contributed by atoms with Gasteiger partial charge in [-0.05, 0) is 24.8 Å². The SMILES string of the molecule is CCCCCCC(=O)N1CCNC(=O)C1CC(=O)OCCCc1ccccc1. The maximum absolute atomic E-state index is 12.5. The van der Waals surface area contributed by atoms with Crippen molar-refractivity contribution in [3.8, 4) is 0 Å². The molecule has 1 saturated heterocycles. The van der Waals surface area contributed by atoms with E-state index >= 15 is 0 Å². The van der Waals surface area contributed by atoms with E-state index in [1.165, 1.54) is 5.56 Å². The number of hydrogen-bond acceptors (Lipinski definition) is 4. The number of aryl methyl sites for hydroxylation is 1. The Kier molecular flexibility index (Phi) is 9.52.